The van der Waals surface area contributed by atoms with Crippen LogP contribution < -0.4 is 0 Å². The van der Waals surface area contributed by atoms with E-state index in [0.717, 1.165) is 0 Å². The SMILES string of the molecule is CC.CC.CC.C\C=C/C(C)=C(\C=C/C)Sc1ccccc1C. The van der Waals surface area contributed by atoms with Gasteiger partial charge in [0.15, 0.2) is 0 Å². The standard InChI is InChI=1S/C16H20S.3C2H6/c1-5-9-13(3)15(10-6-2)17-16-12-8-7-11-14(16)4;3*1-2/h5-12H,1-4H3;3*1-2H3/b9-5-,10-6-,15-13+;;;. The fraction of sp³-hybridized carbons (Fsp3) is 0.455. The summed E-state index contributed by atoms with van der Waals surface area (Å²) in [5.41, 5.74) is 2.63. The molecule has 0 aliphatic heterocycles. The Hall–Kier alpha value is -1.21. The van der Waals surface area contributed by atoms with Crippen molar-refractivity contribution in [3.63, 3.8) is 0 Å². The van der Waals surface area contributed by atoms with Gasteiger partial charge in [0.25, 0.3) is 0 Å². The number of allylic oxidation sites excluding steroid dienone is 5. The Balaban J connectivity index is -0.000000595. The summed E-state index contributed by atoms with van der Waals surface area (Å²) in [5.74, 6) is 0. The van der Waals surface area contributed by atoms with Crippen molar-refractivity contribution in [1.82, 2.24) is 0 Å². The van der Waals surface area contributed by atoms with Crippen LogP contribution in [-0.2, 0) is 0 Å². The van der Waals surface area contributed by atoms with Gasteiger partial charge in [-0.15, -0.1) is 0 Å². The quantitative estimate of drug-likeness (QED) is 0.392. The van der Waals surface area contributed by atoms with Gasteiger partial charge in [0.1, 0.15) is 0 Å². The van der Waals surface area contributed by atoms with E-state index < -0.39 is 0 Å². The average Bonchev–Trinajstić information content (AvgIpc) is 2.62. The summed E-state index contributed by atoms with van der Waals surface area (Å²) < 4.78 is 0. The number of aryl methyl sites for hydroxylation is 1. The van der Waals surface area contributed by atoms with E-state index in [0.29, 0.717) is 0 Å². The molecule has 0 fully saturated rings. The van der Waals surface area contributed by atoms with E-state index in [-0.39, 0.29) is 0 Å². The monoisotopic (exact) mass is 334 g/mol. The van der Waals surface area contributed by atoms with Crippen LogP contribution in [-0.4, -0.2) is 0 Å². The molecule has 23 heavy (non-hydrogen) atoms. The maximum Gasteiger partial charge on any atom is 0.0151 e. The topological polar surface area (TPSA) is 0 Å². The summed E-state index contributed by atoms with van der Waals surface area (Å²) in [6.07, 6.45) is 8.50. The van der Waals surface area contributed by atoms with Gasteiger partial charge >= 0.3 is 0 Å². The predicted molar refractivity (Wildman–Crippen MR) is 113 cm³/mol. The molecule has 0 atom stereocenters. The molecule has 1 aromatic carbocycles. The van der Waals surface area contributed by atoms with Gasteiger partial charge in [-0.1, -0.05) is 95.8 Å². The molecule has 1 aromatic rings. The third-order valence-corrected chi connectivity index (χ3v) is 3.79. The van der Waals surface area contributed by atoms with Crippen LogP contribution in [0.4, 0.5) is 0 Å². The minimum absolute atomic E-state index is 1.30. The van der Waals surface area contributed by atoms with Gasteiger partial charge in [-0.25, -0.2) is 0 Å². The Morgan fingerprint density at radius 1 is 0.826 bits per heavy atom. The van der Waals surface area contributed by atoms with Crippen LogP contribution in [0.1, 0.15) is 67.9 Å². The van der Waals surface area contributed by atoms with Crippen molar-refractivity contribution >= 4 is 11.8 Å². The molecule has 132 valence electrons. The van der Waals surface area contributed by atoms with E-state index in [4.69, 9.17) is 0 Å². The van der Waals surface area contributed by atoms with E-state index in [1.807, 2.05) is 53.3 Å². The van der Waals surface area contributed by atoms with Crippen molar-refractivity contribution in [1.29, 1.82) is 0 Å². The number of benzene rings is 1. The minimum Gasteiger partial charge on any atom is -0.0896 e. The molecule has 0 aromatic heterocycles. The van der Waals surface area contributed by atoms with Gasteiger partial charge in [-0.3, -0.25) is 0 Å². The van der Waals surface area contributed by atoms with Crippen molar-refractivity contribution in [3.05, 3.63) is 64.6 Å². The second-order valence-corrected chi connectivity index (χ2v) is 5.00. The maximum atomic E-state index is 2.17. The maximum absolute atomic E-state index is 2.17. The van der Waals surface area contributed by atoms with Crippen LogP contribution >= 0.6 is 11.8 Å². The molecule has 0 bridgehead atoms. The second-order valence-electron chi connectivity index (χ2n) is 3.91. The molecule has 1 rings (SSSR count). The van der Waals surface area contributed by atoms with Crippen molar-refractivity contribution in [2.75, 3.05) is 0 Å². The Labute approximate surface area is 150 Å². The number of rotatable bonds is 4. The summed E-state index contributed by atoms with van der Waals surface area (Å²) in [7, 11) is 0. The summed E-state index contributed by atoms with van der Waals surface area (Å²) in [5, 5.41) is 0. The lowest BCUT2D eigenvalue weighted by molar-refractivity contribution is 1.30. The Morgan fingerprint density at radius 3 is 1.74 bits per heavy atom. The predicted octanol–water partition coefficient (Wildman–Crippen LogP) is 8.59. The Bertz CT molecular complexity index is 451. The average molecular weight is 335 g/mol. The third kappa shape index (κ3) is 13.0. The van der Waals surface area contributed by atoms with Crippen molar-refractivity contribution in [2.24, 2.45) is 0 Å². The Morgan fingerprint density at radius 2 is 1.30 bits per heavy atom. The van der Waals surface area contributed by atoms with Crippen molar-refractivity contribution in [3.8, 4) is 0 Å². The first-order valence-electron chi connectivity index (χ1n) is 8.88. The zero-order chi connectivity index (χ0) is 18.7. The van der Waals surface area contributed by atoms with Gasteiger partial charge in [0.2, 0.25) is 0 Å². The third-order valence-electron chi connectivity index (χ3n) is 2.44. The molecule has 0 nitrogen and oxygen atoms in total. The first-order chi connectivity index (χ1) is 11.2. The van der Waals surface area contributed by atoms with E-state index in [1.165, 1.54) is 20.9 Å². The molecule has 0 N–H and O–H groups in total. The lowest BCUT2D eigenvalue weighted by Crippen LogP contribution is -1.82. The minimum atomic E-state index is 1.30. The first-order valence-corrected chi connectivity index (χ1v) is 9.70. The molecule has 0 unspecified atom stereocenters. The van der Waals surface area contributed by atoms with Crippen molar-refractivity contribution < 1.29 is 0 Å². The van der Waals surface area contributed by atoms with Gasteiger partial charge in [-0.2, -0.15) is 0 Å². The normalized spacial score (nSPS) is 10.7. The lowest BCUT2D eigenvalue weighted by Gasteiger charge is -2.08. The smallest absolute Gasteiger partial charge is 0.0151 e. The highest BCUT2D eigenvalue weighted by Gasteiger charge is 2.02. The lowest BCUT2D eigenvalue weighted by atomic mass is 10.2. The molecule has 0 saturated heterocycles. The summed E-state index contributed by atoms with van der Waals surface area (Å²) in [4.78, 5) is 2.63. The fourth-order valence-corrected chi connectivity index (χ4v) is 2.56. The highest BCUT2D eigenvalue weighted by atomic mass is 32.2. The molecule has 0 aliphatic rings. The van der Waals surface area contributed by atoms with Gasteiger partial charge in [0, 0.05) is 9.80 Å². The summed E-state index contributed by atoms with van der Waals surface area (Å²) in [6.45, 7) is 20.4. The molecule has 0 aliphatic carbocycles. The van der Waals surface area contributed by atoms with E-state index >= 15 is 0 Å². The number of thioether (sulfide) groups is 1. The second kappa shape index (κ2) is 20.8. The fourth-order valence-electron chi connectivity index (χ4n) is 1.52. The number of hydrogen-bond acceptors (Lipinski definition) is 1. The van der Waals surface area contributed by atoms with Crippen molar-refractivity contribution in [2.45, 2.75) is 74.1 Å². The summed E-state index contributed by atoms with van der Waals surface area (Å²) >= 11 is 1.83. The molecular weight excluding hydrogens is 296 g/mol. The van der Waals surface area contributed by atoms with E-state index in [2.05, 4.69) is 76.3 Å². The molecule has 0 heterocycles. The van der Waals surface area contributed by atoms with Crippen LogP contribution in [0.15, 0.2) is 63.9 Å². The van der Waals surface area contributed by atoms with Gasteiger partial charge in [-0.05, 0) is 44.9 Å². The number of hydrogen-bond donors (Lipinski definition) is 0. The van der Waals surface area contributed by atoms with Gasteiger partial charge < -0.3 is 0 Å². The highest BCUT2D eigenvalue weighted by molar-refractivity contribution is 8.03. The summed E-state index contributed by atoms with van der Waals surface area (Å²) in [6, 6.07) is 8.50. The molecular formula is C22H38S. The molecule has 0 spiro atoms. The molecule has 0 radical (unpaired) electrons. The van der Waals surface area contributed by atoms with Crippen LogP contribution in [0.5, 0.6) is 0 Å². The molecule has 1 heteroatoms. The van der Waals surface area contributed by atoms with E-state index in [9.17, 15) is 0 Å². The Kier molecular flexibility index (Phi) is 24.1. The van der Waals surface area contributed by atoms with Crippen LogP contribution in [0.3, 0.4) is 0 Å². The molecule has 0 saturated carbocycles. The molecule has 0 amide bonds. The van der Waals surface area contributed by atoms with Crippen LogP contribution in [0, 0.1) is 6.92 Å². The van der Waals surface area contributed by atoms with Gasteiger partial charge in [0.05, 0.1) is 0 Å². The highest BCUT2D eigenvalue weighted by Crippen LogP contribution is 2.32. The zero-order valence-electron chi connectivity index (χ0n) is 17.0. The first kappa shape index (κ1) is 26.7. The largest absolute Gasteiger partial charge is 0.0896 e. The van der Waals surface area contributed by atoms with Crippen LogP contribution in [0.25, 0.3) is 0 Å². The van der Waals surface area contributed by atoms with Crippen LogP contribution in [0.2, 0.25) is 0 Å². The van der Waals surface area contributed by atoms with E-state index in [1.54, 1.807) is 0 Å². The zero-order valence-corrected chi connectivity index (χ0v) is 17.8.